The van der Waals surface area contributed by atoms with Crippen molar-refractivity contribution in [1.82, 2.24) is 0 Å². The Morgan fingerprint density at radius 3 is 1.08 bits per heavy atom. The maximum Gasteiger partial charge on any atom is 0.0714 e. The van der Waals surface area contributed by atoms with E-state index in [2.05, 4.69) is 177 Å². The van der Waals surface area contributed by atoms with Crippen LogP contribution < -0.4 is 4.90 Å². The summed E-state index contributed by atoms with van der Waals surface area (Å²) in [5, 5.41) is 0. The van der Waals surface area contributed by atoms with Gasteiger partial charge in [0.15, 0.2) is 0 Å². The molecule has 0 heterocycles. The van der Waals surface area contributed by atoms with Crippen molar-refractivity contribution in [2.45, 2.75) is 293 Å². The van der Waals surface area contributed by atoms with Crippen LogP contribution >= 0.6 is 0 Å². The van der Waals surface area contributed by atoms with Gasteiger partial charge >= 0.3 is 0 Å². The lowest BCUT2D eigenvalue weighted by Gasteiger charge is -2.36. The molecule has 1 nitrogen and oxygen atoms in total. The lowest BCUT2D eigenvalue weighted by molar-refractivity contribution is 0.334. The third kappa shape index (κ3) is 13.5. The van der Waals surface area contributed by atoms with Crippen LogP contribution in [0.25, 0.3) is 22.3 Å². The maximum atomic E-state index is 2.82. The predicted molar refractivity (Wildman–Crippen MR) is 394 cm³/mol. The van der Waals surface area contributed by atoms with Crippen molar-refractivity contribution < 1.29 is 0 Å². The molecule has 7 aliphatic carbocycles. The lowest BCUT2D eigenvalue weighted by Crippen LogP contribution is -2.29. The Hall–Kier alpha value is -5.66. The summed E-state index contributed by atoms with van der Waals surface area (Å²) < 4.78 is 0. The molecule has 6 saturated carbocycles. The summed E-state index contributed by atoms with van der Waals surface area (Å²) in [5.74, 6) is 6.72. The zero-order valence-corrected chi connectivity index (χ0v) is 57.5. The third-order valence-electron chi connectivity index (χ3n) is 26.1. The number of hydrogen-bond acceptors (Lipinski definition) is 1. The van der Waals surface area contributed by atoms with Gasteiger partial charge in [-0.3, -0.25) is 0 Å². The molecule has 0 amide bonds. The molecule has 1 heteroatoms. The first-order chi connectivity index (χ1) is 45.5. The average Bonchev–Trinajstić information content (AvgIpc) is 1.53. The van der Waals surface area contributed by atoms with E-state index in [-0.39, 0.29) is 0 Å². The Kier molecular flexibility index (Phi) is 20.8. The van der Waals surface area contributed by atoms with Crippen LogP contribution in [0.1, 0.15) is 343 Å². The molecule has 0 unspecified atom stereocenters. The summed E-state index contributed by atoms with van der Waals surface area (Å²) in [6.07, 6.45) is 49.2. The third-order valence-corrected chi connectivity index (χ3v) is 26.1. The van der Waals surface area contributed by atoms with Gasteiger partial charge in [0.2, 0.25) is 0 Å². The first kappa shape index (κ1) is 63.7. The monoisotopic (exact) mass is 1220 g/mol. The number of fused-ring (bicyclic) bond motifs is 3. The van der Waals surface area contributed by atoms with Crippen LogP contribution in [0.3, 0.4) is 0 Å². The van der Waals surface area contributed by atoms with E-state index >= 15 is 0 Å². The van der Waals surface area contributed by atoms with E-state index in [1.54, 1.807) is 11.1 Å². The fraction of sp³-hybridized carbons (Fsp3) is 0.538. The Labute approximate surface area is 558 Å². The summed E-state index contributed by atoms with van der Waals surface area (Å²) in [5.41, 5.74) is 24.4. The number of benzene rings is 7. The molecular weight excluding hydrogens is 1110 g/mol. The highest BCUT2D eigenvalue weighted by atomic mass is 15.1. The highest BCUT2D eigenvalue weighted by molar-refractivity contribution is 5.90. The predicted octanol–water partition coefficient (Wildman–Crippen LogP) is 27.7. The van der Waals surface area contributed by atoms with E-state index in [4.69, 9.17) is 0 Å². The summed E-state index contributed by atoms with van der Waals surface area (Å²) >= 11 is 0. The standard InChI is InChI=1S/C91H115N/c1-4-65-24-18-36-75(37-19-25-65)86-62-78(63-87(76-38-20-26-66(5-2)27-21-39-76)90(86)77-40-22-28-67(6-3)29-23-41-77)74-50-58-82(59-51-74)92(81-56-48-73(49-57-81)70-34-14-9-15-35-70)83-60-61-85-84-42-16-17-43-88(84)91(89(85)64-83,79-52-44-71(45-53-79)68-30-10-7-11-31-68)80-54-46-72(47-55-80)69-32-12-8-13-33-69/h16-17,42-70,75-77H,4-15,18-41H2,1-3H3. The van der Waals surface area contributed by atoms with Gasteiger partial charge in [0.25, 0.3) is 0 Å². The van der Waals surface area contributed by atoms with Gasteiger partial charge in [0, 0.05) is 17.1 Å². The summed E-state index contributed by atoms with van der Waals surface area (Å²) in [6.45, 7) is 7.36. The van der Waals surface area contributed by atoms with Crippen LogP contribution in [-0.4, -0.2) is 0 Å². The van der Waals surface area contributed by atoms with Gasteiger partial charge in [-0.25, -0.2) is 0 Å². The number of nitrogens with zero attached hydrogens (tertiary/aromatic N) is 1. The van der Waals surface area contributed by atoms with Crippen molar-refractivity contribution in [2.24, 2.45) is 17.8 Å². The zero-order valence-electron chi connectivity index (χ0n) is 57.5. The maximum absolute atomic E-state index is 2.82. The van der Waals surface area contributed by atoms with Crippen LogP contribution in [0.4, 0.5) is 17.1 Å². The molecule has 14 rings (SSSR count). The quantitative estimate of drug-likeness (QED) is 0.0989. The van der Waals surface area contributed by atoms with Crippen molar-refractivity contribution in [3.63, 3.8) is 0 Å². The van der Waals surface area contributed by atoms with Gasteiger partial charge in [-0.05, 0) is 245 Å². The molecule has 0 bridgehead atoms. The van der Waals surface area contributed by atoms with Crippen molar-refractivity contribution in [1.29, 1.82) is 0 Å². The molecule has 6 fully saturated rings. The number of anilines is 3. The van der Waals surface area contributed by atoms with Crippen LogP contribution in [-0.2, 0) is 5.41 Å². The minimum atomic E-state index is -0.490. The van der Waals surface area contributed by atoms with Gasteiger partial charge in [-0.2, -0.15) is 0 Å². The molecule has 0 spiro atoms. The first-order valence-corrected chi connectivity index (χ1v) is 39.1. The van der Waals surface area contributed by atoms with E-state index in [0.29, 0.717) is 35.5 Å². The smallest absolute Gasteiger partial charge is 0.0714 e. The molecule has 0 atom stereocenters. The fourth-order valence-corrected chi connectivity index (χ4v) is 20.6. The van der Waals surface area contributed by atoms with Gasteiger partial charge in [-0.15, -0.1) is 0 Å². The molecule has 7 aromatic carbocycles. The molecule has 0 N–H and O–H groups in total. The van der Waals surface area contributed by atoms with E-state index in [1.807, 2.05) is 5.56 Å². The van der Waals surface area contributed by atoms with Crippen molar-refractivity contribution in [3.8, 4) is 22.3 Å². The van der Waals surface area contributed by atoms with Crippen molar-refractivity contribution in [3.05, 3.63) is 207 Å². The second kappa shape index (κ2) is 30.0. The summed E-state index contributed by atoms with van der Waals surface area (Å²) in [4.78, 5) is 2.63. The largest absolute Gasteiger partial charge is 0.310 e. The molecule has 7 aliphatic rings. The van der Waals surface area contributed by atoms with Gasteiger partial charge in [0.05, 0.1) is 5.41 Å². The highest BCUT2D eigenvalue weighted by Gasteiger charge is 2.47. The zero-order chi connectivity index (χ0) is 62.2. The van der Waals surface area contributed by atoms with Crippen LogP contribution in [0.15, 0.2) is 152 Å². The molecular formula is C91H115N. The van der Waals surface area contributed by atoms with Crippen LogP contribution in [0.5, 0.6) is 0 Å². The second-order valence-corrected chi connectivity index (χ2v) is 31.3. The minimum absolute atomic E-state index is 0.490. The number of rotatable bonds is 15. The lowest BCUT2D eigenvalue weighted by atomic mass is 9.67. The number of hydrogen-bond donors (Lipinski definition) is 0. The molecule has 0 radical (unpaired) electrons. The highest BCUT2D eigenvalue weighted by Crippen LogP contribution is 2.58. The fourth-order valence-electron chi connectivity index (χ4n) is 20.6. The Morgan fingerprint density at radius 1 is 0.293 bits per heavy atom. The second-order valence-electron chi connectivity index (χ2n) is 31.3. The van der Waals surface area contributed by atoms with Gasteiger partial charge < -0.3 is 4.90 Å². The summed E-state index contributed by atoms with van der Waals surface area (Å²) in [7, 11) is 0. The SMILES string of the molecule is CCC1CCCC(c2cc(-c3ccc(N(c4ccc(C5CCCCC5)cc4)c4ccc5c(c4)C(c4ccc(C6CCCCC6)cc4)(c4ccc(C6CCCCC6)cc4)c4ccccc4-5)cc3)cc(C3CCCC(CC)CCC3)c2C2CCCC(CC)CCC2)CCC1. The summed E-state index contributed by atoms with van der Waals surface area (Å²) in [6, 6.07) is 63.2. The topological polar surface area (TPSA) is 3.24 Å². The molecule has 0 aromatic heterocycles. The van der Waals surface area contributed by atoms with E-state index in [1.165, 1.54) is 309 Å². The van der Waals surface area contributed by atoms with Crippen LogP contribution in [0.2, 0.25) is 0 Å². The van der Waals surface area contributed by atoms with Crippen LogP contribution in [0, 0.1) is 17.8 Å². The Bertz CT molecular complexity index is 3330. The normalized spacial score (nSPS) is 24.6. The molecule has 0 aliphatic heterocycles. The van der Waals surface area contributed by atoms with E-state index in [0.717, 1.165) is 17.8 Å². The van der Waals surface area contributed by atoms with Crippen molar-refractivity contribution in [2.75, 3.05) is 4.90 Å². The minimum Gasteiger partial charge on any atom is -0.310 e. The van der Waals surface area contributed by atoms with Gasteiger partial charge in [0.1, 0.15) is 0 Å². The Balaban J connectivity index is 0.904. The van der Waals surface area contributed by atoms with Crippen molar-refractivity contribution >= 4 is 17.1 Å². The first-order valence-electron chi connectivity index (χ1n) is 39.1. The van der Waals surface area contributed by atoms with E-state index in [9.17, 15) is 0 Å². The molecule has 92 heavy (non-hydrogen) atoms. The van der Waals surface area contributed by atoms with Gasteiger partial charge in [-0.1, -0.05) is 290 Å². The Morgan fingerprint density at radius 2 is 0.652 bits per heavy atom. The average molecular weight is 1220 g/mol. The molecule has 7 aromatic rings. The molecule has 484 valence electrons. The molecule has 0 saturated heterocycles. The van der Waals surface area contributed by atoms with E-state index < -0.39 is 5.41 Å².